The molecule has 5 nitrogen and oxygen atoms in total. The first-order chi connectivity index (χ1) is 14.6. The topological polar surface area (TPSA) is 64.8 Å². The minimum Gasteiger partial charge on any atom is -0.497 e. The van der Waals surface area contributed by atoms with E-state index < -0.39 is 0 Å². The zero-order chi connectivity index (χ0) is 21.3. The van der Waals surface area contributed by atoms with E-state index in [0.717, 1.165) is 50.3 Å². The zero-order valence-electron chi connectivity index (χ0n) is 17.0. The number of nitrogens with zero attached hydrogens (tertiary/aromatic N) is 2. The Bertz CT molecular complexity index is 1280. The molecule has 3 aromatic carbocycles. The van der Waals surface area contributed by atoms with E-state index in [0.29, 0.717) is 12.1 Å². The Morgan fingerprint density at radius 2 is 1.93 bits per heavy atom. The van der Waals surface area contributed by atoms with Gasteiger partial charge >= 0.3 is 0 Å². The van der Waals surface area contributed by atoms with Crippen LogP contribution in [0.3, 0.4) is 0 Å². The number of hydrogen-bond donors (Lipinski definition) is 2. The molecule has 0 aliphatic rings. The lowest BCUT2D eigenvalue weighted by atomic mass is 9.99. The van der Waals surface area contributed by atoms with Gasteiger partial charge in [-0.3, -0.25) is 0 Å². The Labute approximate surface area is 175 Å². The van der Waals surface area contributed by atoms with Crippen molar-refractivity contribution in [1.82, 2.24) is 4.57 Å². The van der Waals surface area contributed by atoms with Crippen LogP contribution in [-0.2, 0) is 6.42 Å². The zero-order valence-corrected chi connectivity index (χ0v) is 17.0. The molecule has 3 N–H and O–H groups in total. The van der Waals surface area contributed by atoms with Crippen LogP contribution in [-0.4, -0.2) is 23.4 Å². The smallest absolute Gasteiger partial charge is 0.188 e. The number of nitrogen functional groups attached to an aromatic ring is 1. The van der Waals surface area contributed by atoms with Gasteiger partial charge in [-0.15, -0.1) is 0 Å². The number of methoxy groups -OCH3 is 1. The molecule has 0 radical (unpaired) electrons. The molecule has 0 fully saturated rings. The number of nitrogens with two attached hydrogens (primary N) is 1. The van der Waals surface area contributed by atoms with E-state index in [2.05, 4.69) is 21.7 Å². The Morgan fingerprint density at radius 1 is 1.10 bits per heavy atom. The molecule has 0 amide bonds. The van der Waals surface area contributed by atoms with Crippen molar-refractivity contribution in [1.29, 1.82) is 0 Å². The van der Waals surface area contributed by atoms with E-state index in [4.69, 9.17) is 17.0 Å². The van der Waals surface area contributed by atoms with E-state index >= 15 is 0 Å². The Morgan fingerprint density at radius 3 is 2.67 bits per heavy atom. The van der Waals surface area contributed by atoms with E-state index in [1.807, 2.05) is 55.5 Å². The molecular weight excluding hydrogens is 374 g/mol. The number of benzene rings is 3. The molecule has 0 atom stereocenters. The molecule has 0 spiro atoms. The first-order valence-electron chi connectivity index (χ1n) is 9.73. The van der Waals surface area contributed by atoms with Crippen molar-refractivity contribution in [2.45, 2.75) is 13.3 Å². The summed E-state index contributed by atoms with van der Waals surface area (Å²) in [4.78, 5) is 3.61. The number of aromatic nitrogens is 1. The maximum Gasteiger partial charge on any atom is 0.188 e. The summed E-state index contributed by atoms with van der Waals surface area (Å²) in [6, 6.07) is 17.5. The highest BCUT2D eigenvalue weighted by atomic mass is 16.5. The predicted molar refractivity (Wildman–Crippen MR) is 121 cm³/mol. The van der Waals surface area contributed by atoms with Gasteiger partial charge in [0.05, 0.1) is 19.2 Å². The number of ether oxygens (including phenoxy) is 1. The Hall–Kier alpha value is -3.75. The second-order valence-corrected chi connectivity index (χ2v) is 7.21. The second-order valence-electron chi connectivity index (χ2n) is 7.21. The summed E-state index contributed by atoms with van der Waals surface area (Å²) in [6.07, 6.45) is 2.60. The minimum atomic E-state index is 0.0441. The number of hydrogen-bond acceptors (Lipinski definition) is 3. The Kier molecular flexibility index (Phi) is 5.18. The highest BCUT2D eigenvalue weighted by Crippen LogP contribution is 2.38. The molecule has 150 valence electrons. The molecule has 1 aromatic heterocycles. The number of aliphatic hydroxyl groups is 1. The van der Waals surface area contributed by atoms with Gasteiger partial charge in [0.25, 0.3) is 0 Å². The van der Waals surface area contributed by atoms with Gasteiger partial charge in [0.2, 0.25) is 0 Å². The quantitative estimate of drug-likeness (QED) is 0.356. The molecule has 0 unspecified atom stereocenters. The molecular formula is C25H23N3O2. The van der Waals surface area contributed by atoms with Crippen LogP contribution < -0.4 is 10.5 Å². The monoisotopic (exact) mass is 397 g/mol. The first-order valence-corrected chi connectivity index (χ1v) is 9.73. The molecule has 30 heavy (non-hydrogen) atoms. The van der Waals surface area contributed by atoms with Crippen LogP contribution in [0.25, 0.3) is 32.6 Å². The maximum absolute atomic E-state index is 9.59. The fraction of sp³-hybridized carbons (Fsp3) is 0.160. The molecule has 0 aliphatic carbocycles. The minimum absolute atomic E-state index is 0.0441. The van der Waals surface area contributed by atoms with Gasteiger partial charge in [-0.1, -0.05) is 18.2 Å². The van der Waals surface area contributed by atoms with Crippen LogP contribution in [0.4, 0.5) is 11.4 Å². The summed E-state index contributed by atoms with van der Waals surface area (Å²) < 4.78 is 7.49. The largest absolute Gasteiger partial charge is 0.497 e. The van der Waals surface area contributed by atoms with Crippen LogP contribution in [0.1, 0.15) is 11.1 Å². The lowest BCUT2D eigenvalue weighted by Gasteiger charge is -2.13. The van der Waals surface area contributed by atoms with Crippen molar-refractivity contribution < 1.29 is 9.84 Å². The Balaban J connectivity index is 2.04. The van der Waals surface area contributed by atoms with Crippen LogP contribution in [0, 0.1) is 13.5 Å². The van der Waals surface area contributed by atoms with Gasteiger partial charge in [0.15, 0.2) is 5.69 Å². The van der Waals surface area contributed by atoms with Gasteiger partial charge in [-0.2, -0.15) is 0 Å². The number of fused-ring (bicyclic) bond motifs is 1. The summed E-state index contributed by atoms with van der Waals surface area (Å²) in [5.74, 6) is 0.751. The van der Waals surface area contributed by atoms with Gasteiger partial charge in [-0.25, -0.2) is 4.85 Å². The average molecular weight is 397 g/mol. The van der Waals surface area contributed by atoms with Gasteiger partial charge in [0.1, 0.15) is 5.75 Å². The second kappa shape index (κ2) is 7.94. The molecule has 0 bridgehead atoms. The molecule has 4 aromatic rings. The normalized spacial score (nSPS) is 10.9. The van der Waals surface area contributed by atoms with Crippen molar-refractivity contribution in [3.63, 3.8) is 0 Å². The van der Waals surface area contributed by atoms with Crippen LogP contribution in [0.5, 0.6) is 5.75 Å². The van der Waals surface area contributed by atoms with Gasteiger partial charge < -0.3 is 20.1 Å². The van der Waals surface area contributed by atoms with Crippen molar-refractivity contribution in [3.05, 3.63) is 83.3 Å². The van der Waals surface area contributed by atoms with E-state index in [1.54, 1.807) is 7.11 Å². The maximum atomic E-state index is 9.59. The fourth-order valence-electron chi connectivity index (χ4n) is 3.89. The SMILES string of the molecule is [C-]#[N+]c1ccc2c(c1)c(-c1cccc(N)c1C)cn2-c1ccc(OC)cc1CCO. The lowest BCUT2D eigenvalue weighted by molar-refractivity contribution is 0.299. The van der Waals surface area contributed by atoms with Gasteiger partial charge in [-0.05, 0) is 71.8 Å². The molecule has 4 rings (SSSR count). The van der Waals surface area contributed by atoms with E-state index in [1.165, 1.54) is 0 Å². The standard InChI is InChI=1S/C25H23N3O2/c1-16-20(5-4-6-23(16)26)22-15-28(25-9-7-18(27-2)14-21(22)25)24-10-8-19(30-3)13-17(24)11-12-29/h4-10,13-15,29H,11-12,26H2,1,3H3. The third kappa shape index (κ3) is 3.28. The van der Waals surface area contributed by atoms with E-state index in [9.17, 15) is 5.11 Å². The third-order valence-electron chi connectivity index (χ3n) is 5.51. The predicted octanol–water partition coefficient (Wildman–Crippen LogP) is 5.28. The molecule has 1 heterocycles. The number of aliphatic hydroxyl groups excluding tert-OH is 1. The average Bonchev–Trinajstić information content (AvgIpc) is 3.14. The fourth-order valence-corrected chi connectivity index (χ4v) is 3.89. The summed E-state index contributed by atoms with van der Waals surface area (Å²) in [6.45, 7) is 9.49. The molecule has 5 heteroatoms. The van der Waals surface area contributed by atoms with E-state index in [-0.39, 0.29) is 6.61 Å². The van der Waals surface area contributed by atoms with Crippen LogP contribution >= 0.6 is 0 Å². The number of rotatable bonds is 5. The van der Waals surface area contributed by atoms with Crippen molar-refractivity contribution in [2.75, 3.05) is 19.5 Å². The first kappa shape index (κ1) is 19.6. The summed E-state index contributed by atoms with van der Waals surface area (Å²) in [7, 11) is 1.63. The van der Waals surface area contributed by atoms with Crippen molar-refractivity contribution >= 4 is 22.3 Å². The van der Waals surface area contributed by atoms with Crippen LogP contribution in [0.2, 0.25) is 0 Å². The molecule has 0 saturated heterocycles. The van der Waals surface area contributed by atoms with Crippen molar-refractivity contribution in [2.24, 2.45) is 0 Å². The highest BCUT2D eigenvalue weighted by Gasteiger charge is 2.16. The summed E-state index contributed by atoms with van der Waals surface area (Å²) >= 11 is 0. The van der Waals surface area contributed by atoms with Crippen LogP contribution in [0.15, 0.2) is 60.8 Å². The highest BCUT2D eigenvalue weighted by molar-refractivity contribution is 6.00. The van der Waals surface area contributed by atoms with Crippen molar-refractivity contribution in [3.8, 4) is 22.6 Å². The number of anilines is 1. The lowest BCUT2D eigenvalue weighted by Crippen LogP contribution is -2.01. The van der Waals surface area contributed by atoms with Gasteiger partial charge in [0, 0.05) is 29.7 Å². The molecule has 0 saturated carbocycles. The third-order valence-corrected chi connectivity index (χ3v) is 5.51. The summed E-state index contributed by atoms with van der Waals surface area (Å²) in [5, 5.41) is 10.6. The summed E-state index contributed by atoms with van der Waals surface area (Å²) in [5.41, 5.74) is 13.5. The molecule has 0 aliphatic heterocycles.